The molecule has 0 radical (unpaired) electrons. The molecule has 0 unspecified atom stereocenters. The molecule has 0 atom stereocenters. The molecular formula is C15H19BrClN3. The number of aromatic nitrogens is 2. The standard InChI is InChI=1S/C15H19BrClN3/c1-3-13-15(17)14(20(4-2)19-13)10-18-9-11-6-5-7-12(16)8-11/h5-8,18H,3-4,9-10H2,1-2H3. The van der Waals surface area contributed by atoms with Crippen molar-refractivity contribution in [2.75, 3.05) is 0 Å². The molecule has 1 aromatic carbocycles. The summed E-state index contributed by atoms with van der Waals surface area (Å²) in [5.74, 6) is 0. The minimum Gasteiger partial charge on any atom is -0.307 e. The topological polar surface area (TPSA) is 29.9 Å². The molecule has 20 heavy (non-hydrogen) atoms. The SMILES string of the molecule is CCc1nn(CC)c(CNCc2cccc(Br)c2)c1Cl. The molecule has 0 fully saturated rings. The zero-order valence-corrected chi connectivity index (χ0v) is 14.1. The van der Waals surface area contributed by atoms with Crippen molar-refractivity contribution in [3.63, 3.8) is 0 Å². The molecule has 0 aliphatic rings. The second-order valence-corrected chi connectivity index (χ2v) is 5.90. The summed E-state index contributed by atoms with van der Waals surface area (Å²) in [4.78, 5) is 0. The molecule has 3 nitrogen and oxygen atoms in total. The first kappa shape index (κ1) is 15.5. The third-order valence-electron chi connectivity index (χ3n) is 3.20. The van der Waals surface area contributed by atoms with Crippen LogP contribution in [0.1, 0.15) is 30.8 Å². The average Bonchev–Trinajstić information content (AvgIpc) is 2.75. The predicted molar refractivity (Wildman–Crippen MR) is 87.0 cm³/mol. The first-order chi connectivity index (χ1) is 9.65. The molecule has 0 saturated heterocycles. The van der Waals surface area contributed by atoms with E-state index < -0.39 is 0 Å². The van der Waals surface area contributed by atoms with Gasteiger partial charge in [0.05, 0.1) is 16.4 Å². The Hall–Kier alpha value is -0.840. The van der Waals surface area contributed by atoms with Gasteiger partial charge in [-0.25, -0.2) is 0 Å². The molecule has 108 valence electrons. The normalized spacial score (nSPS) is 11.0. The number of halogens is 2. The molecule has 1 aromatic heterocycles. The van der Waals surface area contributed by atoms with Gasteiger partial charge >= 0.3 is 0 Å². The highest BCUT2D eigenvalue weighted by atomic mass is 79.9. The van der Waals surface area contributed by atoms with E-state index in [4.69, 9.17) is 11.6 Å². The minimum absolute atomic E-state index is 0.728. The van der Waals surface area contributed by atoms with Gasteiger partial charge in [-0.2, -0.15) is 5.10 Å². The Balaban J connectivity index is 2.02. The fraction of sp³-hybridized carbons (Fsp3) is 0.400. The van der Waals surface area contributed by atoms with Crippen molar-refractivity contribution >= 4 is 27.5 Å². The van der Waals surface area contributed by atoms with Crippen molar-refractivity contribution in [2.45, 2.75) is 39.9 Å². The third kappa shape index (κ3) is 3.62. The molecule has 0 aliphatic carbocycles. The Morgan fingerprint density at radius 2 is 2.10 bits per heavy atom. The molecule has 0 bridgehead atoms. The number of nitrogens with zero attached hydrogens (tertiary/aromatic N) is 2. The van der Waals surface area contributed by atoms with Crippen molar-refractivity contribution < 1.29 is 0 Å². The van der Waals surface area contributed by atoms with Crippen LogP contribution in [0.15, 0.2) is 28.7 Å². The molecule has 0 saturated carbocycles. The third-order valence-corrected chi connectivity index (χ3v) is 4.13. The molecular weight excluding hydrogens is 338 g/mol. The van der Waals surface area contributed by atoms with E-state index in [2.05, 4.69) is 52.3 Å². The molecule has 1 N–H and O–H groups in total. The lowest BCUT2D eigenvalue weighted by molar-refractivity contribution is 0.577. The van der Waals surface area contributed by atoms with E-state index in [1.54, 1.807) is 0 Å². The number of rotatable bonds is 6. The van der Waals surface area contributed by atoms with Crippen LogP contribution in [0.4, 0.5) is 0 Å². The maximum Gasteiger partial charge on any atom is 0.0863 e. The van der Waals surface area contributed by atoms with Gasteiger partial charge in [-0.1, -0.05) is 46.6 Å². The van der Waals surface area contributed by atoms with E-state index in [0.717, 1.165) is 46.9 Å². The van der Waals surface area contributed by atoms with E-state index in [-0.39, 0.29) is 0 Å². The molecule has 2 aromatic rings. The van der Waals surface area contributed by atoms with Gasteiger partial charge in [0.25, 0.3) is 0 Å². The van der Waals surface area contributed by atoms with E-state index in [1.807, 2.05) is 16.8 Å². The van der Waals surface area contributed by atoms with Gasteiger partial charge in [-0.3, -0.25) is 4.68 Å². The first-order valence-corrected chi connectivity index (χ1v) is 8.02. The molecule has 0 amide bonds. The number of benzene rings is 1. The lowest BCUT2D eigenvalue weighted by Gasteiger charge is -2.08. The fourth-order valence-electron chi connectivity index (χ4n) is 2.16. The van der Waals surface area contributed by atoms with Crippen LogP contribution in [-0.4, -0.2) is 9.78 Å². The van der Waals surface area contributed by atoms with Crippen molar-refractivity contribution in [3.05, 3.63) is 50.7 Å². The van der Waals surface area contributed by atoms with Gasteiger partial charge in [0.1, 0.15) is 0 Å². The number of hydrogen-bond acceptors (Lipinski definition) is 2. The zero-order chi connectivity index (χ0) is 14.5. The lowest BCUT2D eigenvalue weighted by Crippen LogP contribution is -2.16. The average molecular weight is 357 g/mol. The molecule has 0 aliphatic heterocycles. The second-order valence-electron chi connectivity index (χ2n) is 4.61. The Bertz CT molecular complexity index is 580. The molecule has 0 spiro atoms. The Labute approximate surface area is 133 Å². The smallest absolute Gasteiger partial charge is 0.0863 e. The summed E-state index contributed by atoms with van der Waals surface area (Å²) in [5.41, 5.74) is 3.29. The number of aryl methyl sites for hydroxylation is 2. The predicted octanol–water partition coefficient (Wildman–Crippen LogP) is 4.17. The maximum absolute atomic E-state index is 6.38. The largest absolute Gasteiger partial charge is 0.307 e. The van der Waals surface area contributed by atoms with Crippen molar-refractivity contribution in [1.29, 1.82) is 0 Å². The number of hydrogen-bond donors (Lipinski definition) is 1. The van der Waals surface area contributed by atoms with Gasteiger partial charge in [0, 0.05) is 24.1 Å². The quantitative estimate of drug-likeness (QED) is 0.842. The van der Waals surface area contributed by atoms with Crippen LogP contribution in [0.2, 0.25) is 5.02 Å². The second kappa shape index (κ2) is 7.25. The lowest BCUT2D eigenvalue weighted by atomic mass is 10.2. The summed E-state index contributed by atoms with van der Waals surface area (Å²) in [6, 6.07) is 8.29. The van der Waals surface area contributed by atoms with Crippen LogP contribution < -0.4 is 5.32 Å². The maximum atomic E-state index is 6.38. The van der Waals surface area contributed by atoms with Crippen molar-refractivity contribution in [3.8, 4) is 0 Å². The molecule has 1 heterocycles. The Kier molecular flexibility index (Phi) is 5.64. The van der Waals surface area contributed by atoms with Crippen LogP contribution in [-0.2, 0) is 26.1 Å². The minimum atomic E-state index is 0.728. The number of nitrogens with one attached hydrogen (secondary N) is 1. The van der Waals surface area contributed by atoms with Gasteiger partial charge in [-0.05, 0) is 31.0 Å². The van der Waals surface area contributed by atoms with Crippen LogP contribution in [0.25, 0.3) is 0 Å². The Morgan fingerprint density at radius 1 is 1.30 bits per heavy atom. The van der Waals surface area contributed by atoms with E-state index in [1.165, 1.54) is 5.56 Å². The van der Waals surface area contributed by atoms with Crippen LogP contribution in [0, 0.1) is 0 Å². The van der Waals surface area contributed by atoms with Gasteiger partial charge in [0.15, 0.2) is 0 Å². The van der Waals surface area contributed by atoms with Gasteiger partial charge < -0.3 is 5.32 Å². The summed E-state index contributed by atoms with van der Waals surface area (Å²) in [5, 5.41) is 8.76. The molecule has 5 heteroatoms. The van der Waals surface area contributed by atoms with Gasteiger partial charge in [0.2, 0.25) is 0 Å². The fourth-order valence-corrected chi connectivity index (χ4v) is 2.94. The van der Waals surface area contributed by atoms with E-state index in [9.17, 15) is 0 Å². The highest BCUT2D eigenvalue weighted by molar-refractivity contribution is 9.10. The highest BCUT2D eigenvalue weighted by Crippen LogP contribution is 2.21. The van der Waals surface area contributed by atoms with Crippen LogP contribution >= 0.6 is 27.5 Å². The zero-order valence-electron chi connectivity index (χ0n) is 11.8. The summed E-state index contributed by atoms with van der Waals surface area (Å²) < 4.78 is 3.08. The van der Waals surface area contributed by atoms with E-state index in [0.29, 0.717) is 0 Å². The monoisotopic (exact) mass is 355 g/mol. The van der Waals surface area contributed by atoms with Crippen molar-refractivity contribution in [1.82, 2.24) is 15.1 Å². The van der Waals surface area contributed by atoms with Gasteiger partial charge in [-0.15, -0.1) is 0 Å². The Morgan fingerprint density at radius 3 is 2.75 bits per heavy atom. The summed E-state index contributed by atoms with van der Waals surface area (Å²) >= 11 is 9.87. The van der Waals surface area contributed by atoms with Crippen molar-refractivity contribution in [2.24, 2.45) is 0 Å². The first-order valence-electron chi connectivity index (χ1n) is 6.84. The van der Waals surface area contributed by atoms with E-state index >= 15 is 0 Å². The summed E-state index contributed by atoms with van der Waals surface area (Å²) in [6.07, 6.45) is 0.866. The summed E-state index contributed by atoms with van der Waals surface area (Å²) in [6.45, 7) is 6.54. The van der Waals surface area contributed by atoms with Crippen LogP contribution in [0.5, 0.6) is 0 Å². The summed E-state index contributed by atoms with van der Waals surface area (Å²) in [7, 11) is 0. The van der Waals surface area contributed by atoms with Crippen LogP contribution in [0.3, 0.4) is 0 Å². The highest BCUT2D eigenvalue weighted by Gasteiger charge is 2.13. The molecule has 2 rings (SSSR count).